The Morgan fingerprint density at radius 1 is 1.36 bits per heavy atom. The highest BCUT2D eigenvalue weighted by molar-refractivity contribution is 5.37. The Hall–Kier alpha value is -1.06. The number of benzene rings is 1. The minimum atomic E-state index is -0.462. The summed E-state index contributed by atoms with van der Waals surface area (Å²) >= 11 is 0. The molecule has 0 fully saturated rings. The first-order valence-electron chi connectivity index (χ1n) is 4.53. The van der Waals surface area contributed by atoms with Crippen LogP contribution < -0.4 is 4.74 Å². The second-order valence-corrected chi connectivity index (χ2v) is 3.18. The normalized spacial score (nSPS) is 12.6. The van der Waals surface area contributed by atoms with Gasteiger partial charge in [-0.2, -0.15) is 0 Å². The molecular formula is C11H16O3. The summed E-state index contributed by atoms with van der Waals surface area (Å²) in [5.41, 5.74) is 1.83. The molecule has 0 aliphatic rings. The molecule has 1 atom stereocenters. The standard InChI is InChI=1S/C11H16O3/c1-8(12)9-4-5-11(14-3)10(6-9)7-13-2/h4-6,8,12H,7H2,1-3H3. The second kappa shape index (κ2) is 4.98. The average Bonchev–Trinajstić information content (AvgIpc) is 2.18. The van der Waals surface area contributed by atoms with Crippen molar-refractivity contribution in [1.29, 1.82) is 0 Å². The highest BCUT2D eigenvalue weighted by Gasteiger charge is 2.06. The summed E-state index contributed by atoms with van der Waals surface area (Å²) in [5.74, 6) is 0.788. The summed E-state index contributed by atoms with van der Waals surface area (Å²) < 4.78 is 10.2. The summed E-state index contributed by atoms with van der Waals surface area (Å²) in [7, 11) is 3.25. The molecule has 0 saturated heterocycles. The van der Waals surface area contributed by atoms with Crippen LogP contribution in [0.25, 0.3) is 0 Å². The first-order valence-corrected chi connectivity index (χ1v) is 4.53. The van der Waals surface area contributed by atoms with Gasteiger partial charge in [-0.05, 0) is 24.6 Å². The van der Waals surface area contributed by atoms with Crippen LogP contribution >= 0.6 is 0 Å². The van der Waals surface area contributed by atoms with Gasteiger partial charge in [0.2, 0.25) is 0 Å². The molecule has 78 valence electrons. The SMILES string of the molecule is COCc1cc(C(C)O)ccc1OC. The molecule has 0 aliphatic carbocycles. The van der Waals surface area contributed by atoms with Gasteiger partial charge in [-0.25, -0.2) is 0 Å². The van der Waals surface area contributed by atoms with Gasteiger partial charge >= 0.3 is 0 Å². The summed E-state index contributed by atoms with van der Waals surface area (Å²) in [6.07, 6.45) is -0.462. The van der Waals surface area contributed by atoms with Crippen LogP contribution in [0.2, 0.25) is 0 Å². The number of hydrogen-bond donors (Lipinski definition) is 1. The topological polar surface area (TPSA) is 38.7 Å². The second-order valence-electron chi connectivity index (χ2n) is 3.18. The lowest BCUT2D eigenvalue weighted by molar-refractivity contribution is 0.179. The molecule has 0 amide bonds. The third-order valence-corrected chi connectivity index (χ3v) is 2.09. The van der Waals surface area contributed by atoms with E-state index in [1.54, 1.807) is 21.1 Å². The largest absolute Gasteiger partial charge is 0.496 e. The number of aliphatic hydroxyl groups is 1. The zero-order chi connectivity index (χ0) is 10.6. The Morgan fingerprint density at radius 3 is 2.57 bits per heavy atom. The van der Waals surface area contributed by atoms with Crippen molar-refractivity contribution in [1.82, 2.24) is 0 Å². The molecule has 14 heavy (non-hydrogen) atoms. The van der Waals surface area contributed by atoms with Crippen LogP contribution in [0.4, 0.5) is 0 Å². The molecule has 3 nitrogen and oxygen atoms in total. The Kier molecular flexibility index (Phi) is 3.92. The van der Waals surface area contributed by atoms with E-state index in [4.69, 9.17) is 9.47 Å². The number of aliphatic hydroxyl groups excluding tert-OH is 1. The fourth-order valence-electron chi connectivity index (χ4n) is 1.33. The van der Waals surface area contributed by atoms with Crippen molar-refractivity contribution in [3.63, 3.8) is 0 Å². The van der Waals surface area contributed by atoms with Crippen molar-refractivity contribution in [2.75, 3.05) is 14.2 Å². The zero-order valence-electron chi connectivity index (χ0n) is 8.78. The van der Waals surface area contributed by atoms with Crippen molar-refractivity contribution in [3.05, 3.63) is 29.3 Å². The van der Waals surface area contributed by atoms with Crippen LogP contribution in [0.5, 0.6) is 5.75 Å². The van der Waals surface area contributed by atoms with E-state index in [0.717, 1.165) is 16.9 Å². The molecule has 0 bridgehead atoms. The van der Waals surface area contributed by atoms with E-state index in [1.807, 2.05) is 18.2 Å². The summed E-state index contributed by atoms with van der Waals surface area (Å²) in [5, 5.41) is 9.40. The molecule has 0 radical (unpaired) electrons. The number of hydrogen-bond acceptors (Lipinski definition) is 3. The highest BCUT2D eigenvalue weighted by Crippen LogP contribution is 2.23. The Labute approximate surface area is 84.3 Å². The lowest BCUT2D eigenvalue weighted by Gasteiger charge is -2.11. The van der Waals surface area contributed by atoms with Gasteiger partial charge in [0.1, 0.15) is 5.75 Å². The molecular weight excluding hydrogens is 180 g/mol. The van der Waals surface area contributed by atoms with Crippen molar-refractivity contribution < 1.29 is 14.6 Å². The van der Waals surface area contributed by atoms with Crippen LogP contribution in [0.3, 0.4) is 0 Å². The summed E-state index contributed by atoms with van der Waals surface area (Å²) in [6, 6.07) is 5.59. The molecule has 1 rings (SSSR count). The van der Waals surface area contributed by atoms with Crippen molar-refractivity contribution >= 4 is 0 Å². The molecule has 0 spiro atoms. The highest BCUT2D eigenvalue weighted by atomic mass is 16.5. The predicted molar refractivity (Wildman–Crippen MR) is 54.3 cm³/mol. The third kappa shape index (κ3) is 2.47. The molecule has 1 aromatic rings. The maximum absolute atomic E-state index is 9.40. The van der Waals surface area contributed by atoms with Gasteiger partial charge in [-0.1, -0.05) is 6.07 Å². The monoisotopic (exact) mass is 196 g/mol. The summed E-state index contributed by atoms with van der Waals surface area (Å²) in [6.45, 7) is 2.22. The van der Waals surface area contributed by atoms with Crippen molar-refractivity contribution in [3.8, 4) is 5.75 Å². The van der Waals surface area contributed by atoms with Gasteiger partial charge in [0, 0.05) is 12.7 Å². The average molecular weight is 196 g/mol. The molecule has 1 aromatic carbocycles. The van der Waals surface area contributed by atoms with E-state index < -0.39 is 6.10 Å². The Bertz CT molecular complexity index is 295. The molecule has 0 saturated carbocycles. The van der Waals surface area contributed by atoms with E-state index in [9.17, 15) is 5.11 Å². The minimum Gasteiger partial charge on any atom is -0.496 e. The first kappa shape index (κ1) is 11.0. The van der Waals surface area contributed by atoms with Crippen LogP contribution in [0.1, 0.15) is 24.2 Å². The van der Waals surface area contributed by atoms with E-state index >= 15 is 0 Å². The molecule has 0 aromatic heterocycles. The number of methoxy groups -OCH3 is 2. The summed E-state index contributed by atoms with van der Waals surface area (Å²) in [4.78, 5) is 0. The fraction of sp³-hybridized carbons (Fsp3) is 0.455. The van der Waals surface area contributed by atoms with Crippen LogP contribution in [0, 0.1) is 0 Å². The van der Waals surface area contributed by atoms with Crippen molar-refractivity contribution in [2.24, 2.45) is 0 Å². The maximum atomic E-state index is 9.40. The van der Waals surface area contributed by atoms with Gasteiger partial charge in [-0.3, -0.25) is 0 Å². The number of ether oxygens (including phenoxy) is 2. The van der Waals surface area contributed by atoms with E-state index in [0.29, 0.717) is 6.61 Å². The van der Waals surface area contributed by atoms with Gasteiger partial charge < -0.3 is 14.6 Å². The number of rotatable bonds is 4. The van der Waals surface area contributed by atoms with E-state index in [-0.39, 0.29) is 0 Å². The van der Waals surface area contributed by atoms with Gasteiger partial charge in [0.05, 0.1) is 19.8 Å². The molecule has 3 heteroatoms. The van der Waals surface area contributed by atoms with Crippen LogP contribution in [-0.2, 0) is 11.3 Å². The van der Waals surface area contributed by atoms with Crippen LogP contribution in [0.15, 0.2) is 18.2 Å². The fourth-order valence-corrected chi connectivity index (χ4v) is 1.33. The van der Waals surface area contributed by atoms with Gasteiger partial charge in [0.25, 0.3) is 0 Å². The minimum absolute atomic E-state index is 0.462. The molecule has 1 N–H and O–H groups in total. The Balaban J connectivity index is 3.01. The smallest absolute Gasteiger partial charge is 0.124 e. The molecule has 0 heterocycles. The first-order chi connectivity index (χ1) is 6.69. The van der Waals surface area contributed by atoms with Gasteiger partial charge in [-0.15, -0.1) is 0 Å². The van der Waals surface area contributed by atoms with Crippen LogP contribution in [-0.4, -0.2) is 19.3 Å². The maximum Gasteiger partial charge on any atom is 0.124 e. The van der Waals surface area contributed by atoms with Crippen molar-refractivity contribution in [2.45, 2.75) is 19.6 Å². The Morgan fingerprint density at radius 2 is 2.07 bits per heavy atom. The molecule has 0 aliphatic heterocycles. The van der Waals surface area contributed by atoms with E-state index in [1.165, 1.54) is 0 Å². The lowest BCUT2D eigenvalue weighted by atomic mass is 10.1. The quantitative estimate of drug-likeness (QED) is 0.799. The van der Waals surface area contributed by atoms with E-state index in [2.05, 4.69) is 0 Å². The third-order valence-electron chi connectivity index (χ3n) is 2.09. The predicted octanol–water partition coefficient (Wildman–Crippen LogP) is 1.89. The van der Waals surface area contributed by atoms with Gasteiger partial charge in [0.15, 0.2) is 0 Å². The lowest BCUT2D eigenvalue weighted by Crippen LogP contribution is -1.98. The zero-order valence-corrected chi connectivity index (χ0v) is 8.78. The molecule has 1 unspecified atom stereocenters.